The molecule has 196 valence electrons. The molecule has 3 aliphatic rings. The van der Waals surface area contributed by atoms with E-state index in [0.717, 1.165) is 63.7 Å². The molecule has 0 radical (unpaired) electrons. The van der Waals surface area contributed by atoms with Gasteiger partial charge in [0.25, 0.3) is 0 Å². The molecule has 10 heteroatoms. The second kappa shape index (κ2) is 10.4. The summed E-state index contributed by atoms with van der Waals surface area (Å²) in [5, 5.41) is 18.7. The minimum atomic E-state index is 0.164. The fourth-order valence-corrected chi connectivity index (χ4v) is 5.57. The van der Waals surface area contributed by atoms with Gasteiger partial charge in [0.05, 0.1) is 30.6 Å². The molecule has 3 fully saturated rings. The van der Waals surface area contributed by atoms with Crippen LogP contribution in [0.1, 0.15) is 25.6 Å². The summed E-state index contributed by atoms with van der Waals surface area (Å²) < 4.78 is 5.68. The fourth-order valence-electron chi connectivity index (χ4n) is 5.57. The number of nitrogens with two attached hydrogens (primary N) is 1. The number of nitrogen functional groups attached to an aromatic ring is 1. The van der Waals surface area contributed by atoms with Crippen molar-refractivity contribution in [3.05, 3.63) is 48.4 Å². The van der Waals surface area contributed by atoms with E-state index in [1.54, 1.807) is 18.3 Å². The summed E-state index contributed by atoms with van der Waals surface area (Å²) in [6, 6.07) is 11.7. The lowest BCUT2D eigenvalue weighted by Gasteiger charge is -2.28. The van der Waals surface area contributed by atoms with Gasteiger partial charge in [-0.3, -0.25) is 4.90 Å². The summed E-state index contributed by atoms with van der Waals surface area (Å²) >= 11 is 0. The van der Waals surface area contributed by atoms with Crippen LogP contribution in [-0.2, 0) is 4.74 Å². The van der Waals surface area contributed by atoms with Gasteiger partial charge < -0.3 is 25.4 Å². The number of phenols is 1. The van der Waals surface area contributed by atoms with Crippen molar-refractivity contribution in [2.24, 2.45) is 0 Å². The molecule has 1 aromatic carbocycles. The van der Waals surface area contributed by atoms with E-state index in [2.05, 4.69) is 48.6 Å². The zero-order chi connectivity index (χ0) is 26.1. The van der Waals surface area contributed by atoms with Crippen molar-refractivity contribution in [1.29, 1.82) is 0 Å². The van der Waals surface area contributed by atoms with E-state index in [1.165, 1.54) is 0 Å². The average Bonchev–Trinajstić information content (AvgIpc) is 3.50. The summed E-state index contributed by atoms with van der Waals surface area (Å²) in [7, 11) is 0. The van der Waals surface area contributed by atoms with E-state index in [0.29, 0.717) is 35.0 Å². The van der Waals surface area contributed by atoms with Crippen LogP contribution in [0.15, 0.2) is 42.6 Å². The number of phenolic OH excluding ortho intramolecular Hbond substituents is 1. The molecule has 0 amide bonds. The van der Waals surface area contributed by atoms with Crippen LogP contribution >= 0.6 is 0 Å². The molecule has 0 unspecified atom stereocenters. The molecule has 2 aromatic heterocycles. The number of anilines is 3. The number of nitrogens with zero attached hydrogens (tertiary/aromatic N) is 7. The van der Waals surface area contributed by atoms with E-state index >= 15 is 0 Å². The third kappa shape index (κ3) is 4.95. The summed E-state index contributed by atoms with van der Waals surface area (Å²) in [6.45, 7) is 7.03. The normalized spacial score (nSPS) is 23.2. The van der Waals surface area contributed by atoms with Crippen molar-refractivity contribution in [1.82, 2.24) is 25.1 Å². The first-order valence-electron chi connectivity index (χ1n) is 13.2. The number of benzene rings is 1. The monoisotopic (exact) mass is 512 g/mol. The Morgan fingerprint density at radius 1 is 1.16 bits per heavy atom. The number of aromatic nitrogens is 4. The van der Waals surface area contributed by atoms with Crippen LogP contribution in [0.3, 0.4) is 0 Å². The highest BCUT2D eigenvalue weighted by molar-refractivity contribution is 5.74. The van der Waals surface area contributed by atoms with Gasteiger partial charge in [0, 0.05) is 50.0 Å². The second-order valence-electron chi connectivity index (χ2n) is 10.1. The van der Waals surface area contributed by atoms with Crippen molar-refractivity contribution in [2.75, 3.05) is 54.9 Å². The van der Waals surface area contributed by atoms with E-state index in [1.807, 2.05) is 24.3 Å². The van der Waals surface area contributed by atoms with E-state index in [9.17, 15) is 5.11 Å². The number of para-hydroxylation sites is 1. The number of hydrogen-bond donors (Lipinski definition) is 2. The Morgan fingerprint density at radius 3 is 2.87 bits per heavy atom. The molecular weight excluding hydrogens is 480 g/mol. The molecule has 3 atom stereocenters. The van der Waals surface area contributed by atoms with E-state index in [4.69, 9.17) is 15.5 Å². The molecule has 38 heavy (non-hydrogen) atoms. The van der Waals surface area contributed by atoms with E-state index in [-0.39, 0.29) is 11.8 Å². The van der Waals surface area contributed by atoms with Crippen molar-refractivity contribution in [2.45, 2.75) is 38.0 Å². The van der Waals surface area contributed by atoms with Crippen LogP contribution in [0.4, 0.5) is 17.3 Å². The molecule has 0 saturated carbocycles. The van der Waals surface area contributed by atoms with Crippen LogP contribution in [0.5, 0.6) is 5.75 Å². The highest BCUT2D eigenvalue weighted by Gasteiger charge is 2.38. The Bertz CT molecular complexity index is 1370. The van der Waals surface area contributed by atoms with Gasteiger partial charge in [0.2, 0.25) is 5.82 Å². The van der Waals surface area contributed by atoms with Gasteiger partial charge in [-0.15, -0.1) is 10.2 Å². The molecule has 3 saturated heterocycles. The van der Waals surface area contributed by atoms with Gasteiger partial charge in [-0.1, -0.05) is 18.1 Å². The maximum absolute atomic E-state index is 10.3. The fraction of sp³-hybridized carbons (Fsp3) is 0.429. The summed E-state index contributed by atoms with van der Waals surface area (Å²) in [5.41, 5.74) is 8.31. The van der Waals surface area contributed by atoms with Gasteiger partial charge in [0.1, 0.15) is 11.6 Å². The topological polar surface area (TPSA) is 117 Å². The first kappa shape index (κ1) is 24.4. The first-order valence-corrected chi connectivity index (χ1v) is 13.2. The minimum absolute atomic E-state index is 0.164. The van der Waals surface area contributed by atoms with Crippen LogP contribution in [0, 0.1) is 11.8 Å². The number of rotatable bonds is 4. The van der Waals surface area contributed by atoms with Gasteiger partial charge in [0.15, 0.2) is 5.82 Å². The van der Waals surface area contributed by atoms with Crippen molar-refractivity contribution >= 4 is 17.3 Å². The predicted octanol–water partition coefficient (Wildman–Crippen LogP) is 2.15. The Balaban J connectivity index is 1.16. The summed E-state index contributed by atoms with van der Waals surface area (Å²) in [4.78, 5) is 16.1. The number of fused-ring (bicyclic) bond motifs is 2. The molecule has 3 aromatic rings. The zero-order valence-corrected chi connectivity index (χ0v) is 21.5. The van der Waals surface area contributed by atoms with Gasteiger partial charge in [-0.2, -0.15) is 0 Å². The SMILES string of the molecule is C[C@@H]1CCN(c2cc(-c3ccccc3O)nnc2N)CCN1c1ccnc(C#CCN2C[C@H]3C[C@@H]2CO3)n1. The Labute approximate surface area is 222 Å². The Hall–Kier alpha value is -3.94. The summed E-state index contributed by atoms with van der Waals surface area (Å²) in [5.74, 6) is 8.40. The predicted molar refractivity (Wildman–Crippen MR) is 146 cm³/mol. The lowest BCUT2D eigenvalue weighted by Crippen LogP contribution is -2.37. The Morgan fingerprint density at radius 2 is 2.05 bits per heavy atom. The number of hydrogen-bond acceptors (Lipinski definition) is 10. The number of aromatic hydroxyl groups is 1. The molecular formula is C28H32N8O2. The zero-order valence-electron chi connectivity index (χ0n) is 21.5. The first-order chi connectivity index (χ1) is 18.5. The van der Waals surface area contributed by atoms with Crippen LogP contribution < -0.4 is 15.5 Å². The minimum Gasteiger partial charge on any atom is -0.507 e. The second-order valence-corrected chi connectivity index (χ2v) is 10.1. The average molecular weight is 513 g/mol. The van der Waals surface area contributed by atoms with Gasteiger partial charge >= 0.3 is 0 Å². The molecule has 10 nitrogen and oxygen atoms in total. The lowest BCUT2D eigenvalue weighted by molar-refractivity contribution is 0.0363. The Kier molecular flexibility index (Phi) is 6.70. The van der Waals surface area contributed by atoms with Crippen molar-refractivity contribution < 1.29 is 9.84 Å². The third-order valence-corrected chi connectivity index (χ3v) is 7.71. The van der Waals surface area contributed by atoms with Crippen LogP contribution in [-0.4, -0.2) is 87.7 Å². The summed E-state index contributed by atoms with van der Waals surface area (Å²) in [6.07, 6.45) is 4.20. The molecule has 0 aliphatic carbocycles. The molecule has 3 N–H and O–H groups in total. The highest BCUT2D eigenvalue weighted by atomic mass is 16.5. The lowest BCUT2D eigenvalue weighted by atomic mass is 10.1. The van der Waals surface area contributed by atoms with Crippen molar-refractivity contribution in [3.8, 4) is 28.8 Å². The highest BCUT2D eigenvalue weighted by Crippen LogP contribution is 2.32. The molecule has 3 aliphatic heterocycles. The maximum atomic E-state index is 10.3. The standard InChI is InChI=1S/C28H32N8O2/c1-19-9-12-34(24-16-23(32-33-28(24)29)22-5-2-3-6-25(22)37)13-14-36(19)27-8-10-30-26(31-27)7-4-11-35-17-21-15-20(35)18-38-21/h2-3,5-6,8,10,16,19-21,37H,9,11-15,17-18H2,1H3,(H2,29,33)/t19-,20-,21-/m1/s1. The van der Waals surface area contributed by atoms with Gasteiger partial charge in [-0.05, 0) is 50.0 Å². The van der Waals surface area contributed by atoms with E-state index < -0.39 is 0 Å². The van der Waals surface area contributed by atoms with Gasteiger partial charge in [-0.25, -0.2) is 9.97 Å². The molecule has 6 rings (SSSR count). The van der Waals surface area contributed by atoms with Crippen LogP contribution in [0.25, 0.3) is 11.3 Å². The molecule has 2 bridgehead atoms. The number of ether oxygens (including phenoxy) is 1. The number of morpholine rings is 1. The third-order valence-electron chi connectivity index (χ3n) is 7.71. The molecule has 0 spiro atoms. The quantitative estimate of drug-likeness (QED) is 0.504. The van der Waals surface area contributed by atoms with Crippen molar-refractivity contribution in [3.63, 3.8) is 0 Å². The smallest absolute Gasteiger partial charge is 0.206 e. The largest absolute Gasteiger partial charge is 0.507 e. The molecule has 5 heterocycles. The maximum Gasteiger partial charge on any atom is 0.206 e. The number of likely N-dealkylation sites (tertiary alicyclic amines) is 1. The van der Waals surface area contributed by atoms with Crippen LogP contribution in [0.2, 0.25) is 0 Å².